The average molecular weight is 591 g/mol. The number of nitrogens with zero attached hydrogens (tertiary/aromatic N) is 4. The molecular weight excluding hydrogens is 548 g/mol. The van der Waals surface area contributed by atoms with Crippen LogP contribution in [0.2, 0.25) is 0 Å². The van der Waals surface area contributed by atoms with Crippen LogP contribution in [0.1, 0.15) is 56.8 Å². The number of nitrogens with one attached hydrogen (secondary N) is 1. The smallest absolute Gasteiger partial charge is 0.255 e. The number of hydrogen-bond donors (Lipinski definition) is 2. The maximum Gasteiger partial charge on any atom is 0.255 e. The Balaban J connectivity index is 1.32. The highest BCUT2D eigenvalue weighted by atomic mass is 16.2. The molecule has 0 aliphatic carbocycles. The van der Waals surface area contributed by atoms with Crippen molar-refractivity contribution in [2.45, 2.75) is 31.7 Å². The Morgan fingerprint density at radius 2 is 1.58 bits per heavy atom. The predicted octanol–water partition coefficient (Wildman–Crippen LogP) is 1.80. The number of primary amides is 1. The van der Waals surface area contributed by atoms with Crippen LogP contribution in [0.3, 0.4) is 0 Å². The predicted molar refractivity (Wildman–Crippen MR) is 166 cm³/mol. The summed E-state index contributed by atoms with van der Waals surface area (Å²) in [6.07, 6.45) is 3.94. The Hall–Kier alpha value is -4.25. The fourth-order valence-corrected chi connectivity index (χ4v) is 6.02. The van der Waals surface area contributed by atoms with Gasteiger partial charge in [0.2, 0.25) is 11.8 Å². The van der Waals surface area contributed by atoms with Gasteiger partial charge in [-0.15, -0.1) is 0 Å². The highest BCUT2D eigenvalue weighted by Gasteiger charge is 2.29. The number of amides is 3. The molecule has 2 aromatic rings. The van der Waals surface area contributed by atoms with Crippen molar-refractivity contribution in [2.24, 2.45) is 11.7 Å². The number of aldehydes is 2. The number of hydrogen-bond acceptors (Lipinski definition) is 8. The van der Waals surface area contributed by atoms with E-state index >= 15 is 0 Å². The highest BCUT2D eigenvalue weighted by molar-refractivity contribution is 6.04. The molecule has 2 aliphatic heterocycles. The minimum atomic E-state index is -0.816. The van der Waals surface area contributed by atoms with Crippen LogP contribution in [0.5, 0.6) is 0 Å². The number of rotatable bonds is 12. The summed E-state index contributed by atoms with van der Waals surface area (Å²) in [7, 11) is 3.01. The molecule has 2 heterocycles. The Bertz CT molecular complexity index is 1300. The molecule has 0 aromatic heterocycles. The van der Waals surface area contributed by atoms with Crippen molar-refractivity contribution < 1.29 is 24.0 Å². The molecule has 3 N–H and O–H groups in total. The number of anilines is 2. The number of carbonyl (C=O) groups excluding carboxylic acids is 5. The molecule has 3 amide bonds. The summed E-state index contributed by atoms with van der Waals surface area (Å²) in [5.74, 6) is -0.588. The van der Waals surface area contributed by atoms with Crippen molar-refractivity contribution in [1.82, 2.24) is 15.1 Å². The molecular formula is C32H42N6O5. The van der Waals surface area contributed by atoms with Crippen LogP contribution in [0.15, 0.2) is 42.5 Å². The van der Waals surface area contributed by atoms with E-state index in [1.807, 2.05) is 18.2 Å². The zero-order valence-corrected chi connectivity index (χ0v) is 25.0. The van der Waals surface area contributed by atoms with E-state index in [1.165, 1.54) is 19.0 Å². The van der Waals surface area contributed by atoms with Crippen LogP contribution in [0.25, 0.3) is 0 Å². The molecule has 2 saturated heterocycles. The van der Waals surface area contributed by atoms with Crippen molar-refractivity contribution in [3.63, 3.8) is 0 Å². The summed E-state index contributed by atoms with van der Waals surface area (Å²) in [6.45, 7) is 6.40. The molecule has 0 bridgehead atoms. The van der Waals surface area contributed by atoms with Crippen molar-refractivity contribution in [3.05, 3.63) is 59.2 Å². The Kier molecular flexibility index (Phi) is 10.9. The topological polar surface area (TPSA) is 136 Å². The molecule has 0 saturated carbocycles. The van der Waals surface area contributed by atoms with Gasteiger partial charge in [-0.1, -0.05) is 0 Å². The molecule has 11 heteroatoms. The van der Waals surface area contributed by atoms with Crippen LogP contribution in [-0.2, 0) is 9.59 Å². The van der Waals surface area contributed by atoms with E-state index in [0.29, 0.717) is 17.8 Å². The van der Waals surface area contributed by atoms with Crippen LogP contribution in [-0.4, -0.2) is 106 Å². The molecule has 1 atom stereocenters. The fourth-order valence-electron chi connectivity index (χ4n) is 6.02. The van der Waals surface area contributed by atoms with Crippen molar-refractivity contribution >= 4 is 41.7 Å². The standard InChI is InChI=1S/C32H42N6O5/c1-34-31(42)29(4-3-19-39)35(2)32(43)28-20-27(10-7-25(28)22-40)38-17-15-36(16-18-38)21-23-11-13-37(14-12-23)26-8-5-24(6-9-26)30(33)41/h5-10,19-20,22-23,29H,3-4,11-18,21H2,1-2H3,(H2,33,41)(H,34,42). The zero-order chi connectivity index (χ0) is 30.9. The van der Waals surface area contributed by atoms with Gasteiger partial charge >= 0.3 is 0 Å². The van der Waals surface area contributed by atoms with Crippen molar-refractivity contribution in [3.8, 4) is 0 Å². The van der Waals surface area contributed by atoms with Gasteiger partial charge in [-0.3, -0.25) is 24.1 Å². The molecule has 11 nitrogen and oxygen atoms in total. The van der Waals surface area contributed by atoms with Gasteiger partial charge in [-0.25, -0.2) is 0 Å². The Labute approximate surface area is 253 Å². The molecule has 2 aliphatic rings. The van der Waals surface area contributed by atoms with Gasteiger partial charge in [-0.2, -0.15) is 0 Å². The van der Waals surface area contributed by atoms with Crippen molar-refractivity contribution in [1.29, 1.82) is 0 Å². The van der Waals surface area contributed by atoms with E-state index in [9.17, 15) is 24.0 Å². The van der Waals surface area contributed by atoms with Gasteiger partial charge in [-0.05, 0) is 67.6 Å². The minimum absolute atomic E-state index is 0.145. The molecule has 43 heavy (non-hydrogen) atoms. The average Bonchev–Trinajstić information content (AvgIpc) is 3.04. The largest absolute Gasteiger partial charge is 0.372 e. The highest BCUT2D eigenvalue weighted by Crippen LogP contribution is 2.26. The van der Waals surface area contributed by atoms with E-state index < -0.39 is 17.9 Å². The zero-order valence-electron chi connectivity index (χ0n) is 25.0. The third-order valence-electron chi connectivity index (χ3n) is 8.67. The van der Waals surface area contributed by atoms with E-state index in [-0.39, 0.29) is 29.9 Å². The number of piperidine rings is 1. The van der Waals surface area contributed by atoms with E-state index in [1.54, 1.807) is 24.3 Å². The van der Waals surface area contributed by atoms with E-state index in [0.717, 1.165) is 76.3 Å². The second-order valence-corrected chi connectivity index (χ2v) is 11.3. The van der Waals surface area contributed by atoms with Gasteiger partial charge in [0, 0.05) is 88.8 Å². The number of piperazine rings is 1. The first-order valence-corrected chi connectivity index (χ1v) is 14.9. The third-order valence-corrected chi connectivity index (χ3v) is 8.67. The van der Waals surface area contributed by atoms with Crippen LogP contribution in [0.4, 0.5) is 11.4 Å². The van der Waals surface area contributed by atoms with Gasteiger partial charge in [0.05, 0.1) is 5.56 Å². The summed E-state index contributed by atoms with van der Waals surface area (Å²) in [5, 5.41) is 2.55. The van der Waals surface area contributed by atoms with Gasteiger partial charge < -0.3 is 30.5 Å². The number of nitrogens with two attached hydrogens (primary N) is 1. The monoisotopic (exact) mass is 590 g/mol. The molecule has 230 valence electrons. The Morgan fingerprint density at radius 1 is 0.953 bits per heavy atom. The Morgan fingerprint density at radius 3 is 2.16 bits per heavy atom. The summed E-state index contributed by atoms with van der Waals surface area (Å²) >= 11 is 0. The number of benzene rings is 2. The van der Waals surface area contributed by atoms with Crippen molar-refractivity contribution in [2.75, 3.05) is 69.7 Å². The normalized spacial score (nSPS) is 16.8. The lowest BCUT2D eigenvalue weighted by molar-refractivity contribution is -0.125. The minimum Gasteiger partial charge on any atom is -0.372 e. The molecule has 4 rings (SSSR count). The molecule has 0 radical (unpaired) electrons. The molecule has 2 aromatic carbocycles. The quantitative estimate of drug-likeness (QED) is 0.357. The second kappa shape index (κ2) is 14.8. The summed E-state index contributed by atoms with van der Waals surface area (Å²) in [6, 6.07) is 11.9. The molecule has 0 spiro atoms. The lowest BCUT2D eigenvalue weighted by atomic mass is 9.95. The third kappa shape index (κ3) is 7.78. The van der Waals surface area contributed by atoms with Gasteiger partial charge in [0.25, 0.3) is 5.91 Å². The second-order valence-electron chi connectivity index (χ2n) is 11.3. The van der Waals surface area contributed by atoms with Crippen LogP contribution < -0.4 is 20.9 Å². The summed E-state index contributed by atoms with van der Waals surface area (Å²) < 4.78 is 0. The number of carbonyl (C=O) groups is 5. The molecule has 1 unspecified atom stereocenters. The van der Waals surface area contributed by atoms with E-state index in [2.05, 4.69) is 20.0 Å². The SMILES string of the molecule is CNC(=O)C(CCC=O)N(C)C(=O)c1cc(N2CCN(CC3CCN(c4ccc(C(N)=O)cc4)CC3)CC2)ccc1C=O. The molecule has 2 fully saturated rings. The summed E-state index contributed by atoms with van der Waals surface area (Å²) in [5.41, 5.74) is 8.37. The lowest BCUT2D eigenvalue weighted by Crippen LogP contribution is -2.49. The van der Waals surface area contributed by atoms with Crippen LogP contribution in [0, 0.1) is 5.92 Å². The maximum atomic E-state index is 13.5. The maximum absolute atomic E-state index is 13.5. The first kappa shape index (κ1) is 31.7. The summed E-state index contributed by atoms with van der Waals surface area (Å²) in [4.78, 5) is 68.4. The van der Waals surface area contributed by atoms with Gasteiger partial charge in [0.1, 0.15) is 12.3 Å². The first-order chi connectivity index (χ1) is 20.7. The fraction of sp³-hybridized carbons (Fsp3) is 0.469. The van der Waals surface area contributed by atoms with E-state index in [4.69, 9.17) is 5.73 Å². The lowest BCUT2D eigenvalue weighted by Gasteiger charge is -2.40. The van der Waals surface area contributed by atoms with Crippen LogP contribution >= 0.6 is 0 Å². The number of likely N-dealkylation sites (N-methyl/N-ethyl adjacent to an activating group) is 2. The first-order valence-electron chi connectivity index (χ1n) is 14.9. The van der Waals surface area contributed by atoms with Gasteiger partial charge in [0.15, 0.2) is 6.29 Å².